The van der Waals surface area contributed by atoms with Gasteiger partial charge in [0.15, 0.2) is 5.75 Å². The zero-order valence-corrected chi connectivity index (χ0v) is 20.1. The number of anilines is 1. The average molecular weight is 474 g/mol. The number of ether oxygens (including phenoxy) is 1. The highest BCUT2D eigenvalue weighted by molar-refractivity contribution is 5.77. The predicted octanol–water partition coefficient (Wildman–Crippen LogP) is 3.78. The van der Waals surface area contributed by atoms with Gasteiger partial charge in [-0.2, -0.15) is 5.26 Å². The quantitative estimate of drug-likeness (QED) is 0.622. The van der Waals surface area contributed by atoms with Crippen LogP contribution in [0, 0.1) is 24.2 Å². The van der Waals surface area contributed by atoms with E-state index in [2.05, 4.69) is 22.5 Å². The number of hydrogen-bond donors (Lipinski definition) is 1. The molecule has 0 unspecified atom stereocenters. The molecule has 3 heterocycles. The molecule has 1 amide bonds. The lowest BCUT2D eigenvalue weighted by atomic mass is 10.0. The van der Waals surface area contributed by atoms with Gasteiger partial charge in [-0.15, -0.1) is 0 Å². The van der Waals surface area contributed by atoms with Crippen molar-refractivity contribution in [3.8, 4) is 17.6 Å². The Kier molecular flexibility index (Phi) is 6.44. The molecule has 1 aliphatic heterocycles. The first-order valence-corrected chi connectivity index (χ1v) is 12.4. The van der Waals surface area contributed by atoms with Crippen molar-refractivity contribution in [3.05, 3.63) is 47.4 Å². The fourth-order valence-corrected chi connectivity index (χ4v) is 4.98. The second-order valence-electron chi connectivity index (χ2n) is 9.67. The van der Waals surface area contributed by atoms with E-state index in [0.717, 1.165) is 42.6 Å². The van der Waals surface area contributed by atoms with E-state index >= 15 is 0 Å². The van der Waals surface area contributed by atoms with E-state index in [-0.39, 0.29) is 25.0 Å². The van der Waals surface area contributed by atoms with Crippen LogP contribution in [0.4, 0.5) is 5.82 Å². The van der Waals surface area contributed by atoms with Crippen molar-refractivity contribution in [2.75, 3.05) is 31.1 Å². The Balaban J connectivity index is 1.49. The number of aliphatic hydroxyl groups excluding tert-OH is 1. The number of pyridine rings is 2. The highest BCUT2D eigenvalue weighted by Crippen LogP contribution is 2.48. The first-order chi connectivity index (χ1) is 17.0. The summed E-state index contributed by atoms with van der Waals surface area (Å²) >= 11 is 0. The van der Waals surface area contributed by atoms with Crippen molar-refractivity contribution in [2.24, 2.45) is 5.92 Å². The summed E-state index contributed by atoms with van der Waals surface area (Å²) in [4.78, 5) is 26.0. The molecular formula is C27H31N5O3. The molecule has 0 bridgehead atoms. The van der Waals surface area contributed by atoms with Gasteiger partial charge < -0.3 is 19.6 Å². The smallest absolute Gasteiger partial charge is 0.225 e. The first-order valence-electron chi connectivity index (χ1n) is 12.4. The minimum absolute atomic E-state index is 0.00681. The summed E-state index contributed by atoms with van der Waals surface area (Å²) in [5.41, 5.74) is 2.93. The van der Waals surface area contributed by atoms with Gasteiger partial charge >= 0.3 is 0 Å². The zero-order chi connectivity index (χ0) is 24.5. The first kappa shape index (κ1) is 23.3. The number of nitrogens with zero attached hydrogens (tertiary/aromatic N) is 5. The van der Waals surface area contributed by atoms with Crippen molar-refractivity contribution in [2.45, 2.75) is 51.0 Å². The van der Waals surface area contributed by atoms with Gasteiger partial charge in [0.2, 0.25) is 5.91 Å². The minimum atomic E-state index is -0.131. The second kappa shape index (κ2) is 9.67. The van der Waals surface area contributed by atoms with Crippen LogP contribution in [0.1, 0.15) is 60.5 Å². The van der Waals surface area contributed by atoms with Crippen LogP contribution in [0.3, 0.4) is 0 Å². The van der Waals surface area contributed by atoms with Crippen LogP contribution in [0.15, 0.2) is 24.9 Å². The van der Waals surface area contributed by atoms with E-state index < -0.39 is 0 Å². The molecule has 2 aromatic rings. The Labute approximate surface area is 205 Å². The number of piperazine rings is 1. The average Bonchev–Trinajstić information content (AvgIpc) is 3.78. The van der Waals surface area contributed by atoms with Crippen LogP contribution in [-0.4, -0.2) is 58.2 Å². The zero-order valence-electron chi connectivity index (χ0n) is 20.1. The molecule has 2 aliphatic carbocycles. The SMILES string of the molecule is C=Cc1cc(Oc2c(C3CC3)nc(N3CCN(C(=O)CCO)[C@H](C4CC4)C3)c(C#N)c2C)ccn1. The lowest BCUT2D eigenvalue weighted by molar-refractivity contribution is -0.135. The molecule has 5 rings (SSSR count). The van der Waals surface area contributed by atoms with Crippen LogP contribution >= 0.6 is 0 Å². The molecule has 0 spiro atoms. The number of carbonyl (C=O) groups is 1. The van der Waals surface area contributed by atoms with Crippen molar-refractivity contribution >= 4 is 17.8 Å². The monoisotopic (exact) mass is 473 g/mol. The van der Waals surface area contributed by atoms with E-state index in [1.165, 1.54) is 0 Å². The summed E-state index contributed by atoms with van der Waals surface area (Å²) in [5, 5.41) is 19.4. The van der Waals surface area contributed by atoms with E-state index in [1.807, 2.05) is 17.9 Å². The molecule has 1 saturated heterocycles. The standard InChI is InChI=1S/C27H31N5O3/c1-3-20-14-21(8-10-29-20)35-26-17(2)22(15-28)27(30-25(26)19-6-7-19)31-11-12-32(24(34)9-13-33)23(16-31)18-4-5-18/h3,8,10,14,18-19,23,33H,1,4-7,9,11-13,16H2,2H3/t23-/m0/s1. The summed E-state index contributed by atoms with van der Waals surface area (Å²) in [6.45, 7) is 7.41. The summed E-state index contributed by atoms with van der Waals surface area (Å²) in [6, 6.07) is 6.10. The lowest BCUT2D eigenvalue weighted by Gasteiger charge is -2.42. The maximum Gasteiger partial charge on any atom is 0.225 e. The maximum atomic E-state index is 12.6. The lowest BCUT2D eigenvalue weighted by Crippen LogP contribution is -2.56. The van der Waals surface area contributed by atoms with Crippen molar-refractivity contribution in [1.29, 1.82) is 5.26 Å². The number of rotatable bonds is 8. The van der Waals surface area contributed by atoms with Crippen LogP contribution < -0.4 is 9.64 Å². The summed E-state index contributed by atoms with van der Waals surface area (Å²) in [6.07, 6.45) is 7.83. The van der Waals surface area contributed by atoms with Gasteiger partial charge in [-0.25, -0.2) is 4.98 Å². The van der Waals surface area contributed by atoms with E-state index in [4.69, 9.17) is 9.72 Å². The molecule has 1 N–H and O–H groups in total. The summed E-state index contributed by atoms with van der Waals surface area (Å²) in [5.74, 6) is 2.80. The normalized spacial score (nSPS) is 19.9. The van der Waals surface area contributed by atoms with Gasteiger partial charge in [0, 0.05) is 49.8 Å². The molecule has 3 fully saturated rings. The van der Waals surface area contributed by atoms with E-state index in [9.17, 15) is 15.2 Å². The minimum Gasteiger partial charge on any atom is -0.455 e. The maximum absolute atomic E-state index is 12.6. The highest BCUT2D eigenvalue weighted by atomic mass is 16.5. The summed E-state index contributed by atoms with van der Waals surface area (Å²) < 4.78 is 6.32. The molecule has 35 heavy (non-hydrogen) atoms. The molecule has 2 aromatic heterocycles. The molecule has 8 heteroatoms. The topological polar surface area (TPSA) is 103 Å². The largest absolute Gasteiger partial charge is 0.455 e. The molecular weight excluding hydrogens is 442 g/mol. The van der Waals surface area contributed by atoms with Crippen molar-refractivity contribution in [3.63, 3.8) is 0 Å². The Morgan fingerprint density at radius 2 is 2.14 bits per heavy atom. The van der Waals surface area contributed by atoms with Gasteiger partial charge in [0.05, 0.1) is 24.0 Å². The fourth-order valence-electron chi connectivity index (χ4n) is 4.98. The fraction of sp³-hybridized carbons (Fsp3) is 0.481. The highest BCUT2D eigenvalue weighted by Gasteiger charge is 2.42. The number of hydrogen-bond acceptors (Lipinski definition) is 7. The number of nitriles is 1. The molecule has 2 saturated carbocycles. The second-order valence-corrected chi connectivity index (χ2v) is 9.67. The number of amides is 1. The number of carbonyl (C=O) groups excluding carboxylic acids is 1. The predicted molar refractivity (Wildman–Crippen MR) is 132 cm³/mol. The van der Waals surface area contributed by atoms with Crippen molar-refractivity contribution < 1.29 is 14.6 Å². The molecule has 0 aromatic carbocycles. The van der Waals surface area contributed by atoms with Gasteiger partial charge in [-0.1, -0.05) is 6.58 Å². The molecule has 8 nitrogen and oxygen atoms in total. The van der Waals surface area contributed by atoms with Gasteiger partial charge in [0.1, 0.15) is 23.2 Å². The van der Waals surface area contributed by atoms with Crippen LogP contribution in [0.5, 0.6) is 11.5 Å². The third kappa shape index (κ3) is 4.73. The molecule has 1 atom stereocenters. The third-order valence-corrected chi connectivity index (χ3v) is 7.19. The number of aromatic nitrogens is 2. The molecule has 3 aliphatic rings. The van der Waals surface area contributed by atoms with Crippen LogP contribution in [0.2, 0.25) is 0 Å². The van der Waals surface area contributed by atoms with E-state index in [0.29, 0.717) is 54.4 Å². The van der Waals surface area contributed by atoms with E-state index in [1.54, 1.807) is 18.3 Å². The van der Waals surface area contributed by atoms with Crippen LogP contribution in [0.25, 0.3) is 6.08 Å². The third-order valence-electron chi connectivity index (χ3n) is 7.19. The Morgan fingerprint density at radius 1 is 1.34 bits per heavy atom. The Bertz CT molecular complexity index is 1180. The van der Waals surface area contributed by atoms with Crippen molar-refractivity contribution in [1.82, 2.24) is 14.9 Å². The summed E-state index contributed by atoms with van der Waals surface area (Å²) in [7, 11) is 0. The Hall–Kier alpha value is -3.44. The van der Waals surface area contributed by atoms with Crippen LogP contribution in [-0.2, 0) is 4.79 Å². The number of aliphatic hydroxyl groups is 1. The Morgan fingerprint density at radius 3 is 2.80 bits per heavy atom. The van der Waals surface area contributed by atoms with Gasteiger partial charge in [0.25, 0.3) is 0 Å². The van der Waals surface area contributed by atoms with Gasteiger partial charge in [-0.05, 0) is 50.7 Å². The molecule has 182 valence electrons. The van der Waals surface area contributed by atoms with Gasteiger partial charge in [-0.3, -0.25) is 9.78 Å². The molecule has 0 radical (unpaired) electrons.